The maximum Gasteiger partial charge on any atom is 0.407 e. The molecule has 0 fully saturated rings. The molecule has 0 radical (unpaired) electrons. The number of allylic oxidation sites excluding steroid dienone is 3. The number of hydrogen-bond donors (Lipinski definition) is 1. The molecule has 1 atom stereocenters. The number of carbonyl (C=O) groups is 1. The smallest absolute Gasteiger partial charge is 0.407 e. The monoisotopic (exact) mass is 435 g/mol. The topological polar surface area (TPSA) is 38.3 Å². The lowest BCUT2D eigenvalue weighted by Crippen LogP contribution is -2.34. The maximum absolute atomic E-state index is 12.5. The van der Waals surface area contributed by atoms with Gasteiger partial charge in [-0.2, -0.15) is 0 Å². The molecular weight excluding hydrogens is 406 g/mol. The summed E-state index contributed by atoms with van der Waals surface area (Å²) in [6, 6.07) is 26.6. The van der Waals surface area contributed by atoms with E-state index in [1.165, 1.54) is 22.3 Å². The molecule has 1 aliphatic carbocycles. The number of fused-ring (bicyclic) bond motifs is 3. The van der Waals surface area contributed by atoms with Crippen molar-refractivity contribution >= 4 is 11.7 Å². The fourth-order valence-electron chi connectivity index (χ4n) is 4.32. The lowest BCUT2D eigenvalue weighted by atomic mass is 9.98. The fraction of sp³-hybridized carbons (Fsp3) is 0.167. The Labute approximate surface area is 196 Å². The summed E-state index contributed by atoms with van der Waals surface area (Å²) >= 11 is 0. The number of alkyl carbamates (subject to hydrolysis) is 1. The molecule has 0 saturated heterocycles. The average Bonchev–Trinajstić information content (AvgIpc) is 3.15. The minimum atomic E-state index is -0.408. The number of rotatable bonds is 8. The van der Waals surface area contributed by atoms with E-state index in [1.807, 2.05) is 73.7 Å². The van der Waals surface area contributed by atoms with Gasteiger partial charge in [0.05, 0.1) is 0 Å². The summed E-state index contributed by atoms with van der Waals surface area (Å²) in [5, 5.41) is 2.92. The minimum absolute atomic E-state index is 0.0559. The van der Waals surface area contributed by atoms with E-state index < -0.39 is 6.09 Å². The van der Waals surface area contributed by atoms with Crippen molar-refractivity contribution < 1.29 is 9.53 Å². The van der Waals surface area contributed by atoms with Crippen LogP contribution in [0.25, 0.3) is 16.7 Å². The highest BCUT2D eigenvalue weighted by molar-refractivity contribution is 5.79. The normalized spacial score (nSPS) is 13.2. The molecule has 0 saturated carbocycles. The predicted molar refractivity (Wildman–Crippen MR) is 136 cm³/mol. The van der Waals surface area contributed by atoms with Gasteiger partial charge in [0.2, 0.25) is 0 Å². The van der Waals surface area contributed by atoms with Crippen LogP contribution in [-0.2, 0) is 4.74 Å². The van der Waals surface area contributed by atoms with Crippen LogP contribution >= 0.6 is 0 Å². The van der Waals surface area contributed by atoms with Crippen molar-refractivity contribution in [3.63, 3.8) is 0 Å². The van der Waals surface area contributed by atoms with E-state index in [4.69, 9.17) is 4.74 Å². The van der Waals surface area contributed by atoms with Gasteiger partial charge in [-0.3, -0.25) is 0 Å². The second kappa shape index (κ2) is 10.2. The molecule has 166 valence electrons. The molecule has 0 heterocycles. The lowest BCUT2D eigenvalue weighted by Gasteiger charge is -2.17. The van der Waals surface area contributed by atoms with Gasteiger partial charge in [0.25, 0.3) is 0 Å². The third-order valence-electron chi connectivity index (χ3n) is 5.94. The summed E-state index contributed by atoms with van der Waals surface area (Å²) in [5.74, 6) is 0.0559. The van der Waals surface area contributed by atoms with E-state index >= 15 is 0 Å². The zero-order valence-corrected chi connectivity index (χ0v) is 19.0. The summed E-state index contributed by atoms with van der Waals surface area (Å²) in [5.41, 5.74) is 7.76. The zero-order valence-electron chi connectivity index (χ0n) is 19.0. The van der Waals surface area contributed by atoms with Gasteiger partial charge in [-0.05, 0) is 46.7 Å². The second-order valence-corrected chi connectivity index (χ2v) is 8.46. The number of ether oxygens (including phenoxy) is 1. The molecule has 1 N–H and O–H groups in total. The second-order valence-electron chi connectivity index (χ2n) is 8.46. The van der Waals surface area contributed by atoms with Gasteiger partial charge in [0, 0.05) is 12.0 Å². The van der Waals surface area contributed by atoms with Crippen LogP contribution < -0.4 is 5.32 Å². The van der Waals surface area contributed by atoms with Crippen LogP contribution in [0, 0.1) is 0 Å². The van der Waals surface area contributed by atoms with Crippen molar-refractivity contribution in [1.29, 1.82) is 0 Å². The Morgan fingerprint density at radius 2 is 1.48 bits per heavy atom. The number of nitrogens with one attached hydrogen (secondary N) is 1. The lowest BCUT2D eigenvalue weighted by molar-refractivity contribution is 0.140. The highest BCUT2D eigenvalue weighted by atomic mass is 16.5. The number of hydrogen-bond acceptors (Lipinski definition) is 2. The van der Waals surface area contributed by atoms with E-state index in [9.17, 15) is 4.79 Å². The Morgan fingerprint density at radius 1 is 0.909 bits per heavy atom. The van der Waals surface area contributed by atoms with Crippen molar-refractivity contribution in [2.45, 2.75) is 25.3 Å². The zero-order chi connectivity index (χ0) is 23.2. The molecule has 1 aliphatic rings. The molecule has 0 spiro atoms. The quantitative estimate of drug-likeness (QED) is 0.382. The third kappa shape index (κ3) is 5.32. The van der Waals surface area contributed by atoms with E-state index in [0.717, 1.165) is 16.7 Å². The van der Waals surface area contributed by atoms with Crippen LogP contribution in [0.3, 0.4) is 0 Å². The summed E-state index contributed by atoms with van der Waals surface area (Å²) in [7, 11) is 0. The van der Waals surface area contributed by atoms with Gasteiger partial charge < -0.3 is 10.1 Å². The molecular formula is C30H29NO2. The fourth-order valence-corrected chi connectivity index (χ4v) is 4.32. The summed E-state index contributed by atoms with van der Waals surface area (Å²) in [6.07, 6.45) is 4.13. The molecule has 0 bridgehead atoms. The third-order valence-corrected chi connectivity index (χ3v) is 5.94. The highest BCUT2D eigenvalue weighted by Gasteiger charge is 2.29. The van der Waals surface area contributed by atoms with E-state index in [2.05, 4.69) is 42.7 Å². The van der Waals surface area contributed by atoms with Gasteiger partial charge in [0.15, 0.2) is 0 Å². The largest absolute Gasteiger partial charge is 0.449 e. The molecule has 1 amide bonds. The first kappa shape index (κ1) is 22.3. The Bertz CT molecular complexity index is 1150. The van der Waals surface area contributed by atoms with Crippen molar-refractivity contribution in [1.82, 2.24) is 5.32 Å². The first-order valence-electron chi connectivity index (χ1n) is 11.2. The minimum Gasteiger partial charge on any atom is -0.449 e. The van der Waals surface area contributed by atoms with Gasteiger partial charge in [-0.25, -0.2) is 4.79 Å². The van der Waals surface area contributed by atoms with Crippen LogP contribution in [0.5, 0.6) is 0 Å². The molecule has 0 aliphatic heterocycles. The molecule has 0 aromatic heterocycles. The van der Waals surface area contributed by atoms with E-state index in [1.54, 1.807) is 0 Å². The molecule has 3 aromatic carbocycles. The Morgan fingerprint density at radius 3 is 2.12 bits per heavy atom. The Balaban J connectivity index is 1.28. The molecule has 3 aromatic rings. The van der Waals surface area contributed by atoms with Gasteiger partial charge in [-0.15, -0.1) is 0 Å². The average molecular weight is 436 g/mol. The highest BCUT2D eigenvalue weighted by Crippen LogP contribution is 2.44. The number of amides is 1. The summed E-state index contributed by atoms with van der Waals surface area (Å²) in [6.45, 7) is 10.5. The van der Waals surface area contributed by atoms with Crippen molar-refractivity contribution in [3.05, 3.63) is 126 Å². The van der Waals surface area contributed by atoms with Gasteiger partial charge in [0.1, 0.15) is 6.61 Å². The summed E-state index contributed by atoms with van der Waals surface area (Å²) < 4.78 is 5.64. The van der Waals surface area contributed by atoms with Crippen molar-refractivity contribution in [2.75, 3.05) is 6.61 Å². The summed E-state index contributed by atoms with van der Waals surface area (Å²) in [4.78, 5) is 12.5. The predicted octanol–water partition coefficient (Wildman–Crippen LogP) is 7.13. The SMILES string of the molecule is C=C(/C=C\C(=C)c1ccccc1)CC(C)NC(=O)OCC1c2ccccc2-c2ccccc21. The maximum atomic E-state index is 12.5. The molecule has 3 nitrogen and oxygen atoms in total. The Kier molecular flexibility index (Phi) is 6.89. The molecule has 3 heteroatoms. The van der Waals surface area contributed by atoms with Crippen LogP contribution in [0.1, 0.15) is 36.0 Å². The standard InChI is InChI=1S/C30H29NO2/c1-21(17-18-22(2)24-11-5-4-6-12-24)19-23(3)31-30(32)33-20-29-27-15-9-7-13-25(27)26-14-8-10-16-28(26)29/h4-18,23,29H,1-2,19-20H2,3H3,(H,31,32)/b18-17-. The van der Waals surface area contributed by atoms with E-state index in [0.29, 0.717) is 13.0 Å². The number of carbonyl (C=O) groups excluding carboxylic acids is 1. The Hall–Kier alpha value is -3.85. The van der Waals surface area contributed by atoms with E-state index in [-0.39, 0.29) is 12.0 Å². The van der Waals surface area contributed by atoms with Crippen LogP contribution in [0.4, 0.5) is 4.79 Å². The first-order valence-corrected chi connectivity index (χ1v) is 11.2. The molecule has 33 heavy (non-hydrogen) atoms. The molecule has 1 unspecified atom stereocenters. The molecule has 4 rings (SSSR count). The first-order chi connectivity index (χ1) is 16.0. The van der Waals surface area contributed by atoms with Gasteiger partial charge >= 0.3 is 6.09 Å². The van der Waals surface area contributed by atoms with Crippen molar-refractivity contribution in [2.24, 2.45) is 0 Å². The van der Waals surface area contributed by atoms with Crippen LogP contribution in [0.2, 0.25) is 0 Å². The van der Waals surface area contributed by atoms with Crippen LogP contribution in [-0.4, -0.2) is 18.7 Å². The van der Waals surface area contributed by atoms with Crippen LogP contribution in [0.15, 0.2) is 110 Å². The van der Waals surface area contributed by atoms with Crippen molar-refractivity contribution in [3.8, 4) is 11.1 Å². The number of benzene rings is 3. The van der Waals surface area contributed by atoms with Gasteiger partial charge in [-0.1, -0.05) is 110 Å².